The lowest BCUT2D eigenvalue weighted by molar-refractivity contribution is 0.640. The first-order valence-corrected chi connectivity index (χ1v) is 8.76. The molecule has 0 saturated heterocycles. The molecule has 0 aliphatic carbocycles. The molecule has 0 saturated carbocycles. The summed E-state index contributed by atoms with van der Waals surface area (Å²) >= 11 is 3.78. The van der Waals surface area contributed by atoms with Gasteiger partial charge in [0.1, 0.15) is 0 Å². The lowest BCUT2D eigenvalue weighted by Gasteiger charge is -2.22. The molecule has 3 heteroatoms. The molecule has 0 aliphatic rings. The van der Waals surface area contributed by atoms with E-state index in [1.54, 1.807) is 0 Å². The van der Waals surface area contributed by atoms with Crippen LogP contribution in [0, 0.1) is 20.8 Å². The van der Waals surface area contributed by atoms with Crippen LogP contribution in [0.3, 0.4) is 0 Å². The van der Waals surface area contributed by atoms with Crippen LogP contribution in [-0.4, -0.2) is 6.04 Å². The van der Waals surface area contributed by atoms with Gasteiger partial charge < -0.3 is 5.73 Å². The molecule has 0 radical (unpaired) electrons. The summed E-state index contributed by atoms with van der Waals surface area (Å²) in [5.74, 6) is 0. The van der Waals surface area contributed by atoms with Crippen molar-refractivity contribution in [1.29, 1.82) is 0 Å². The Balaban J connectivity index is 2.28. The van der Waals surface area contributed by atoms with E-state index in [9.17, 15) is 0 Å². The molecule has 2 N–H and O–H groups in total. The van der Waals surface area contributed by atoms with Crippen LogP contribution in [0.5, 0.6) is 0 Å². The number of benzene rings is 1. The highest BCUT2D eigenvalue weighted by Gasteiger charge is 2.22. The van der Waals surface area contributed by atoms with Gasteiger partial charge in [0.2, 0.25) is 0 Å². The smallest absolute Gasteiger partial charge is 0.0589 e. The van der Waals surface area contributed by atoms with E-state index in [-0.39, 0.29) is 6.04 Å². The van der Waals surface area contributed by atoms with Crippen LogP contribution in [0.15, 0.2) is 35.2 Å². The Morgan fingerprint density at radius 3 is 2.45 bits per heavy atom. The highest BCUT2D eigenvalue weighted by Crippen LogP contribution is 2.42. The van der Waals surface area contributed by atoms with Crippen molar-refractivity contribution in [1.82, 2.24) is 0 Å². The topological polar surface area (TPSA) is 26.0 Å². The molecule has 0 aliphatic heterocycles. The zero-order chi connectivity index (χ0) is 14.7. The van der Waals surface area contributed by atoms with Gasteiger partial charge in [-0.3, -0.25) is 0 Å². The van der Waals surface area contributed by atoms with Gasteiger partial charge in [0.25, 0.3) is 0 Å². The van der Waals surface area contributed by atoms with Crippen molar-refractivity contribution in [2.24, 2.45) is 5.73 Å². The standard InChI is InChI=1S/C17H23NS2/c1-5-14(18)17(16-9-7-13(4)19-16)20-15-8-6-11(2)10-12(15)3/h6-10,14,17H,5,18H2,1-4H3. The third kappa shape index (κ3) is 3.66. The van der Waals surface area contributed by atoms with Crippen molar-refractivity contribution in [3.63, 3.8) is 0 Å². The molecule has 2 atom stereocenters. The summed E-state index contributed by atoms with van der Waals surface area (Å²) in [6.45, 7) is 8.65. The number of hydrogen-bond donors (Lipinski definition) is 1. The Labute approximate surface area is 130 Å². The van der Waals surface area contributed by atoms with E-state index in [0.717, 1.165) is 6.42 Å². The fourth-order valence-corrected chi connectivity index (χ4v) is 4.70. The molecule has 0 fully saturated rings. The highest BCUT2D eigenvalue weighted by molar-refractivity contribution is 7.99. The number of thiophene rings is 1. The van der Waals surface area contributed by atoms with Crippen molar-refractivity contribution in [3.05, 3.63) is 51.2 Å². The number of nitrogens with two attached hydrogens (primary N) is 1. The molecule has 0 bridgehead atoms. The Bertz CT molecular complexity index is 574. The molecule has 0 spiro atoms. The monoisotopic (exact) mass is 305 g/mol. The molecule has 2 aromatic rings. The molecule has 0 amide bonds. The first kappa shape index (κ1) is 15.6. The average molecular weight is 306 g/mol. The van der Waals surface area contributed by atoms with Crippen LogP contribution in [0.1, 0.15) is 39.5 Å². The predicted octanol–water partition coefficient (Wildman–Crippen LogP) is 5.24. The maximum atomic E-state index is 6.37. The van der Waals surface area contributed by atoms with Crippen LogP contribution < -0.4 is 5.73 Å². The van der Waals surface area contributed by atoms with E-state index in [0.29, 0.717) is 5.25 Å². The molecular weight excluding hydrogens is 282 g/mol. The first-order chi connectivity index (χ1) is 9.51. The summed E-state index contributed by atoms with van der Waals surface area (Å²) in [7, 11) is 0. The second kappa shape index (κ2) is 6.79. The van der Waals surface area contributed by atoms with Crippen molar-refractivity contribution in [2.75, 3.05) is 0 Å². The molecule has 1 aromatic carbocycles. The number of thioether (sulfide) groups is 1. The molecule has 1 heterocycles. The zero-order valence-corrected chi connectivity index (χ0v) is 14.3. The van der Waals surface area contributed by atoms with Crippen LogP contribution >= 0.6 is 23.1 Å². The lowest BCUT2D eigenvalue weighted by Crippen LogP contribution is -2.25. The quantitative estimate of drug-likeness (QED) is 0.764. The summed E-state index contributed by atoms with van der Waals surface area (Å²) in [6, 6.07) is 11.3. The van der Waals surface area contributed by atoms with Crippen molar-refractivity contribution in [3.8, 4) is 0 Å². The molecule has 108 valence electrons. The molecular formula is C17H23NS2. The number of rotatable bonds is 5. The molecule has 20 heavy (non-hydrogen) atoms. The third-order valence-electron chi connectivity index (χ3n) is 3.49. The zero-order valence-electron chi connectivity index (χ0n) is 12.6. The molecule has 1 aromatic heterocycles. The fourth-order valence-electron chi connectivity index (χ4n) is 2.25. The highest BCUT2D eigenvalue weighted by atomic mass is 32.2. The van der Waals surface area contributed by atoms with Gasteiger partial charge in [-0.15, -0.1) is 23.1 Å². The van der Waals surface area contributed by atoms with Gasteiger partial charge in [-0.1, -0.05) is 24.6 Å². The van der Waals surface area contributed by atoms with E-state index in [1.807, 2.05) is 23.1 Å². The van der Waals surface area contributed by atoms with Gasteiger partial charge in [-0.25, -0.2) is 0 Å². The second-order valence-corrected chi connectivity index (χ2v) is 7.83. The summed E-state index contributed by atoms with van der Waals surface area (Å²) in [6.07, 6.45) is 1.000. The summed E-state index contributed by atoms with van der Waals surface area (Å²) < 4.78 is 0. The summed E-state index contributed by atoms with van der Waals surface area (Å²) in [5, 5.41) is 0.347. The van der Waals surface area contributed by atoms with E-state index < -0.39 is 0 Å². The Kier molecular flexibility index (Phi) is 5.30. The van der Waals surface area contributed by atoms with Gasteiger partial charge in [0.05, 0.1) is 5.25 Å². The summed E-state index contributed by atoms with van der Waals surface area (Å²) in [5.41, 5.74) is 9.03. The van der Waals surface area contributed by atoms with Gasteiger partial charge in [0, 0.05) is 20.7 Å². The van der Waals surface area contributed by atoms with Crippen LogP contribution in [0.25, 0.3) is 0 Å². The Morgan fingerprint density at radius 1 is 1.15 bits per heavy atom. The molecule has 2 rings (SSSR count). The average Bonchev–Trinajstić information content (AvgIpc) is 2.83. The van der Waals surface area contributed by atoms with E-state index in [2.05, 4.69) is 58.0 Å². The minimum absolute atomic E-state index is 0.193. The van der Waals surface area contributed by atoms with Crippen molar-refractivity contribution >= 4 is 23.1 Å². The van der Waals surface area contributed by atoms with Crippen LogP contribution in [0.4, 0.5) is 0 Å². The first-order valence-electron chi connectivity index (χ1n) is 7.07. The van der Waals surface area contributed by atoms with Crippen molar-refractivity contribution in [2.45, 2.75) is 50.3 Å². The van der Waals surface area contributed by atoms with Gasteiger partial charge in [0.15, 0.2) is 0 Å². The predicted molar refractivity (Wildman–Crippen MR) is 91.8 cm³/mol. The lowest BCUT2D eigenvalue weighted by atomic mass is 10.1. The number of hydrogen-bond acceptors (Lipinski definition) is 3. The fraction of sp³-hybridized carbons (Fsp3) is 0.412. The van der Waals surface area contributed by atoms with Crippen molar-refractivity contribution < 1.29 is 0 Å². The van der Waals surface area contributed by atoms with Gasteiger partial charge in [-0.05, 0) is 51.0 Å². The normalized spacial score (nSPS) is 14.2. The number of aryl methyl sites for hydroxylation is 3. The molecule has 2 unspecified atom stereocenters. The van der Waals surface area contributed by atoms with Gasteiger partial charge in [-0.2, -0.15) is 0 Å². The third-order valence-corrected chi connectivity index (χ3v) is 6.29. The van der Waals surface area contributed by atoms with Gasteiger partial charge >= 0.3 is 0 Å². The van der Waals surface area contributed by atoms with E-state index >= 15 is 0 Å². The Morgan fingerprint density at radius 2 is 1.90 bits per heavy atom. The summed E-state index contributed by atoms with van der Waals surface area (Å²) in [4.78, 5) is 4.09. The van der Waals surface area contributed by atoms with E-state index in [4.69, 9.17) is 5.73 Å². The minimum Gasteiger partial charge on any atom is -0.326 e. The maximum absolute atomic E-state index is 6.37. The van der Waals surface area contributed by atoms with E-state index in [1.165, 1.54) is 25.8 Å². The van der Waals surface area contributed by atoms with Crippen LogP contribution in [0.2, 0.25) is 0 Å². The maximum Gasteiger partial charge on any atom is 0.0589 e. The van der Waals surface area contributed by atoms with Crippen LogP contribution in [-0.2, 0) is 0 Å². The largest absolute Gasteiger partial charge is 0.326 e. The Hall–Kier alpha value is -0.770. The second-order valence-electron chi connectivity index (χ2n) is 5.33. The minimum atomic E-state index is 0.193. The SMILES string of the molecule is CCC(N)C(Sc1ccc(C)cc1C)c1ccc(C)s1. The molecule has 1 nitrogen and oxygen atoms in total.